The lowest BCUT2D eigenvalue weighted by atomic mass is 10.2. The van der Waals surface area contributed by atoms with Gasteiger partial charge in [0.25, 0.3) is 5.91 Å². The number of halogens is 1. The molecule has 8 heteroatoms. The molecule has 4 rings (SSSR count). The molecule has 0 aliphatic heterocycles. The second-order valence-electron chi connectivity index (χ2n) is 5.85. The van der Waals surface area contributed by atoms with Gasteiger partial charge in [0.2, 0.25) is 0 Å². The first-order valence-electron chi connectivity index (χ1n) is 8.42. The average molecular weight is 411 g/mol. The van der Waals surface area contributed by atoms with E-state index in [-0.39, 0.29) is 11.7 Å². The summed E-state index contributed by atoms with van der Waals surface area (Å²) in [7, 11) is 0. The van der Waals surface area contributed by atoms with Crippen molar-refractivity contribution < 1.29 is 9.21 Å². The summed E-state index contributed by atoms with van der Waals surface area (Å²) in [5.74, 6) is 1.21. The van der Waals surface area contributed by atoms with Crippen LogP contribution in [0.4, 0.5) is 0 Å². The summed E-state index contributed by atoms with van der Waals surface area (Å²) in [5.41, 5.74) is 5.21. The molecule has 140 valence electrons. The van der Waals surface area contributed by atoms with E-state index in [9.17, 15) is 4.79 Å². The lowest BCUT2D eigenvalue weighted by Crippen LogP contribution is -2.19. The number of imidazole rings is 1. The minimum absolute atomic E-state index is 0.200. The van der Waals surface area contributed by atoms with Crippen LogP contribution in [0.2, 0.25) is 5.02 Å². The number of furan rings is 1. The van der Waals surface area contributed by atoms with E-state index in [2.05, 4.69) is 20.5 Å². The van der Waals surface area contributed by atoms with E-state index in [1.807, 2.05) is 42.5 Å². The van der Waals surface area contributed by atoms with E-state index in [1.165, 1.54) is 18.0 Å². The lowest BCUT2D eigenvalue weighted by Gasteiger charge is -1.97. The largest absolute Gasteiger partial charge is 0.455 e. The average Bonchev–Trinajstić information content (AvgIpc) is 3.33. The number of hydrazone groups is 1. The number of carbonyl (C=O) groups excluding carboxylic acids is 1. The Hall–Kier alpha value is -3.03. The van der Waals surface area contributed by atoms with Crippen LogP contribution in [-0.2, 0) is 4.79 Å². The van der Waals surface area contributed by atoms with Gasteiger partial charge in [0.1, 0.15) is 11.5 Å². The molecule has 0 saturated heterocycles. The molecular weight excluding hydrogens is 396 g/mol. The third-order valence-corrected chi connectivity index (χ3v) is 4.97. The molecule has 0 unspecified atom stereocenters. The number of hydrogen-bond donors (Lipinski definition) is 2. The number of aromatic nitrogens is 2. The van der Waals surface area contributed by atoms with Gasteiger partial charge in [0.05, 0.1) is 23.0 Å². The molecule has 0 saturated carbocycles. The quantitative estimate of drug-likeness (QED) is 0.274. The topological polar surface area (TPSA) is 83.3 Å². The summed E-state index contributed by atoms with van der Waals surface area (Å²) in [6, 6.07) is 18.7. The highest BCUT2D eigenvalue weighted by atomic mass is 35.5. The lowest BCUT2D eigenvalue weighted by molar-refractivity contribution is -0.118. The van der Waals surface area contributed by atoms with E-state index < -0.39 is 0 Å². The van der Waals surface area contributed by atoms with Gasteiger partial charge in [-0.2, -0.15) is 5.10 Å². The van der Waals surface area contributed by atoms with E-state index in [1.54, 1.807) is 18.2 Å². The summed E-state index contributed by atoms with van der Waals surface area (Å²) in [4.78, 5) is 19.5. The van der Waals surface area contributed by atoms with Gasteiger partial charge in [-0.3, -0.25) is 4.79 Å². The molecule has 2 aromatic carbocycles. The number of carbonyl (C=O) groups is 1. The second-order valence-corrected chi connectivity index (χ2v) is 7.25. The van der Waals surface area contributed by atoms with Gasteiger partial charge in [-0.15, -0.1) is 0 Å². The van der Waals surface area contributed by atoms with Gasteiger partial charge in [-0.05, 0) is 48.5 Å². The molecule has 0 aliphatic carbocycles. The number of benzene rings is 2. The molecule has 0 radical (unpaired) electrons. The number of fused-ring (bicyclic) bond motifs is 1. The van der Waals surface area contributed by atoms with Crippen LogP contribution < -0.4 is 5.43 Å². The Morgan fingerprint density at radius 2 is 2.00 bits per heavy atom. The molecule has 28 heavy (non-hydrogen) atoms. The monoisotopic (exact) mass is 410 g/mol. The number of hydrogen-bond acceptors (Lipinski definition) is 5. The molecular formula is C20H15ClN4O2S. The Morgan fingerprint density at radius 1 is 1.18 bits per heavy atom. The molecule has 6 nitrogen and oxygen atoms in total. The number of thioether (sulfide) groups is 1. The van der Waals surface area contributed by atoms with Gasteiger partial charge < -0.3 is 9.40 Å². The molecule has 0 atom stereocenters. The summed E-state index contributed by atoms with van der Waals surface area (Å²) >= 11 is 7.20. The van der Waals surface area contributed by atoms with Crippen LogP contribution in [0, 0.1) is 0 Å². The third-order valence-electron chi connectivity index (χ3n) is 3.84. The van der Waals surface area contributed by atoms with E-state index in [0.717, 1.165) is 16.6 Å². The minimum atomic E-state index is -0.230. The van der Waals surface area contributed by atoms with Crippen molar-refractivity contribution >= 4 is 46.5 Å². The molecule has 2 N–H and O–H groups in total. The Morgan fingerprint density at radius 3 is 2.82 bits per heavy atom. The normalized spacial score (nSPS) is 11.3. The zero-order valence-electron chi connectivity index (χ0n) is 14.6. The van der Waals surface area contributed by atoms with Crippen LogP contribution in [0.3, 0.4) is 0 Å². The van der Waals surface area contributed by atoms with Gasteiger partial charge >= 0.3 is 0 Å². The highest BCUT2D eigenvalue weighted by Gasteiger charge is 2.07. The zero-order chi connectivity index (χ0) is 19.3. The maximum atomic E-state index is 11.9. The Kier molecular flexibility index (Phi) is 5.45. The second kappa shape index (κ2) is 8.33. The van der Waals surface area contributed by atoms with Crippen LogP contribution in [-0.4, -0.2) is 27.8 Å². The van der Waals surface area contributed by atoms with Crippen molar-refractivity contribution in [2.75, 3.05) is 5.75 Å². The molecule has 2 aromatic heterocycles. The molecule has 2 heterocycles. The minimum Gasteiger partial charge on any atom is -0.455 e. The van der Waals surface area contributed by atoms with Crippen LogP contribution in [0.25, 0.3) is 22.4 Å². The van der Waals surface area contributed by atoms with Crippen LogP contribution in [0.1, 0.15) is 5.76 Å². The van der Waals surface area contributed by atoms with E-state index >= 15 is 0 Å². The number of H-pyrrole nitrogens is 1. The highest BCUT2D eigenvalue weighted by molar-refractivity contribution is 7.99. The van der Waals surface area contributed by atoms with Crippen LogP contribution >= 0.6 is 23.4 Å². The molecule has 4 aromatic rings. The molecule has 1 amide bonds. The molecule has 0 bridgehead atoms. The number of nitrogens with one attached hydrogen (secondary N) is 2. The third kappa shape index (κ3) is 4.44. The predicted molar refractivity (Wildman–Crippen MR) is 112 cm³/mol. The van der Waals surface area contributed by atoms with Gasteiger partial charge in [-0.1, -0.05) is 35.5 Å². The van der Waals surface area contributed by atoms with Crippen LogP contribution in [0.5, 0.6) is 0 Å². The summed E-state index contributed by atoms with van der Waals surface area (Å²) < 4.78 is 5.69. The van der Waals surface area contributed by atoms with Crippen molar-refractivity contribution in [1.29, 1.82) is 0 Å². The molecule has 0 spiro atoms. The Balaban J connectivity index is 1.29. The summed E-state index contributed by atoms with van der Waals surface area (Å²) in [6.07, 6.45) is 1.46. The number of amides is 1. The first kappa shape index (κ1) is 18.3. The summed E-state index contributed by atoms with van der Waals surface area (Å²) in [5, 5.41) is 5.29. The SMILES string of the molecule is O=C(CSc1nc2ccccc2[nH]1)N/N=C\c1ccc(-c2ccc(Cl)cc2)o1. The smallest absolute Gasteiger partial charge is 0.250 e. The fourth-order valence-electron chi connectivity index (χ4n) is 2.52. The van der Waals surface area contributed by atoms with Gasteiger partial charge in [0.15, 0.2) is 5.16 Å². The van der Waals surface area contributed by atoms with E-state index in [0.29, 0.717) is 21.7 Å². The number of aromatic amines is 1. The van der Waals surface area contributed by atoms with E-state index in [4.69, 9.17) is 16.0 Å². The van der Waals surface area contributed by atoms with Crippen molar-refractivity contribution in [2.24, 2.45) is 5.10 Å². The van der Waals surface area contributed by atoms with Crippen LogP contribution in [0.15, 0.2) is 75.3 Å². The van der Waals surface area contributed by atoms with Gasteiger partial charge in [0, 0.05) is 10.6 Å². The zero-order valence-corrected chi connectivity index (χ0v) is 16.1. The van der Waals surface area contributed by atoms with Crippen molar-refractivity contribution in [1.82, 2.24) is 15.4 Å². The Labute approximate surface area is 170 Å². The standard InChI is InChI=1S/C20H15ClN4O2S/c21-14-7-5-13(6-8-14)18-10-9-15(27-18)11-22-25-19(26)12-28-20-23-16-3-1-2-4-17(16)24-20/h1-11H,12H2,(H,23,24)(H,25,26)/b22-11-. The first-order valence-corrected chi connectivity index (χ1v) is 9.79. The number of nitrogens with zero attached hydrogens (tertiary/aromatic N) is 2. The highest BCUT2D eigenvalue weighted by Crippen LogP contribution is 2.23. The summed E-state index contributed by atoms with van der Waals surface area (Å²) in [6.45, 7) is 0. The van der Waals surface area contributed by atoms with Gasteiger partial charge in [-0.25, -0.2) is 10.4 Å². The van der Waals surface area contributed by atoms with Crippen molar-refractivity contribution in [3.8, 4) is 11.3 Å². The van der Waals surface area contributed by atoms with Crippen molar-refractivity contribution in [3.05, 3.63) is 71.4 Å². The number of para-hydroxylation sites is 2. The maximum absolute atomic E-state index is 11.9. The first-order chi connectivity index (χ1) is 13.7. The Bertz CT molecular complexity index is 1100. The maximum Gasteiger partial charge on any atom is 0.250 e. The predicted octanol–water partition coefficient (Wildman–Crippen LogP) is 4.72. The molecule has 0 fully saturated rings. The van der Waals surface area contributed by atoms with Crippen molar-refractivity contribution in [2.45, 2.75) is 5.16 Å². The fraction of sp³-hybridized carbons (Fsp3) is 0.0500. The molecule has 0 aliphatic rings. The fourth-order valence-corrected chi connectivity index (χ4v) is 3.33. The van der Waals surface area contributed by atoms with Crippen molar-refractivity contribution in [3.63, 3.8) is 0 Å². The number of rotatable bonds is 6.